The Morgan fingerprint density at radius 3 is 2.83 bits per heavy atom. The molecule has 0 saturated heterocycles. The van der Waals surface area contributed by atoms with E-state index in [1.165, 1.54) is 0 Å². The molecule has 0 bridgehead atoms. The van der Waals surface area contributed by atoms with Crippen molar-refractivity contribution in [2.75, 3.05) is 6.61 Å². The molecule has 7 heteroatoms. The summed E-state index contributed by atoms with van der Waals surface area (Å²) in [6, 6.07) is 15.3. The summed E-state index contributed by atoms with van der Waals surface area (Å²) in [7, 11) is 0. The Morgan fingerprint density at radius 1 is 1.17 bits per heavy atom. The summed E-state index contributed by atoms with van der Waals surface area (Å²) in [6.45, 7) is 3.86. The molecule has 0 saturated carbocycles. The van der Waals surface area contributed by atoms with E-state index in [1.807, 2.05) is 62.5 Å². The molecule has 1 N–H and O–H groups in total. The normalized spacial score (nSPS) is 11.1. The molecule has 3 heterocycles. The molecular formula is C23H21N5O2. The predicted molar refractivity (Wildman–Crippen MR) is 116 cm³/mol. The Balaban J connectivity index is 1.40. The molecule has 0 atom stereocenters. The van der Waals surface area contributed by atoms with Crippen LogP contribution in [-0.4, -0.2) is 33.3 Å². The lowest BCUT2D eigenvalue weighted by Crippen LogP contribution is -2.24. The molecule has 7 nitrogen and oxygen atoms in total. The number of hydrogen-bond acceptors (Lipinski definition) is 5. The lowest BCUT2D eigenvalue weighted by atomic mass is 10.2. The first-order chi connectivity index (χ1) is 14.6. The number of amides is 1. The molecule has 0 fully saturated rings. The minimum Gasteiger partial charge on any atom is -0.481 e. The standard InChI is InChI=1S/C23H21N5O2/c1-16-12-19(17(2)28(16)20-8-5-10-24-14-20)13-26-27-22(29)15-30-21-9-3-6-18-7-4-11-25-23(18)21/h3-14H,15H2,1-2H3,(H,27,29). The van der Waals surface area contributed by atoms with E-state index in [4.69, 9.17) is 4.74 Å². The van der Waals surface area contributed by atoms with E-state index in [1.54, 1.807) is 24.7 Å². The van der Waals surface area contributed by atoms with Crippen molar-refractivity contribution in [3.63, 3.8) is 0 Å². The van der Waals surface area contributed by atoms with Crippen molar-refractivity contribution in [1.29, 1.82) is 0 Å². The van der Waals surface area contributed by atoms with E-state index in [9.17, 15) is 4.79 Å². The lowest BCUT2D eigenvalue weighted by molar-refractivity contribution is -0.123. The highest BCUT2D eigenvalue weighted by Gasteiger charge is 2.10. The number of rotatable bonds is 6. The zero-order valence-electron chi connectivity index (χ0n) is 16.7. The molecule has 0 aliphatic carbocycles. The third-order valence-corrected chi connectivity index (χ3v) is 4.72. The van der Waals surface area contributed by atoms with Gasteiger partial charge in [0, 0.05) is 34.7 Å². The van der Waals surface area contributed by atoms with Crippen LogP contribution in [-0.2, 0) is 4.79 Å². The van der Waals surface area contributed by atoms with Crippen molar-refractivity contribution in [1.82, 2.24) is 20.0 Å². The molecule has 150 valence electrons. The molecule has 0 radical (unpaired) electrons. The summed E-state index contributed by atoms with van der Waals surface area (Å²) in [6.07, 6.45) is 6.88. The van der Waals surface area contributed by atoms with Gasteiger partial charge in [-0.2, -0.15) is 5.10 Å². The van der Waals surface area contributed by atoms with Gasteiger partial charge in [-0.15, -0.1) is 0 Å². The third kappa shape index (κ3) is 4.05. The zero-order chi connectivity index (χ0) is 20.9. The molecule has 0 aliphatic heterocycles. The number of nitrogens with zero attached hydrogens (tertiary/aromatic N) is 4. The number of carbonyl (C=O) groups excluding carboxylic acids is 1. The second-order valence-corrected chi connectivity index (χ2v) is 6.79. The fourth-order valence-electron chi connectivity index (χ4n) is 3.34. The van der Waals surface area contributed by atoms with E-state index in [0.717, 1.165) is 33.5 Å². The number of aromatic nitrogens is 3. The SMILES string of the molecule is Cc1cc(C=NNC(=O)COc2cccc3cccnc23)c(C)n1-c1cccnc1. The molecule has 0 aliphatic rings. The Hall–Kier alpha value is -4.00. The van der Waals surface area contributed by atoms with Gasteiger partial charge >= 0.3 is 0 Å². The number of fused-ring (bicyclic) bond motifs is 1. The quantitative estimate of drug-likeness (QED) is 0.397. The molecular weight excluding hydrogens is 378 g/mol. The summed E-state index contributed by atoms with van der Waals surface area (Å²) in [4.78, 5) is 20.6. The monoisotopic (exact) mass is 399 g/mol. The van der Waals surface area contributed by atoms with Gasteiger partial charge in [-0.25, -0.2) is 5.43 Å². The van der Waals surface area contributed by atoms with Crippen LogP contribution in [0.3, 0.4) is 0 Å². The largest absolute Gasteiger partial charge is 0.481 e. The number of hydrazone groups is 1. The third-order valence-electron chi connectivity index (χ3n) is 4.72. The first kappa shape index (κ1) is 19.3. The second-order valence-electron chi connectivity index (χ2n) is 6.79. The van der Waals surface area contributed by atoms with E-state index in [-0.39, 0.29) is 12.5 Å². The van der Waals surface area contributed by atoms with Crippen LogP contribution in [0.5, 0.6) is 5.75 Å². The van der Waals surface area contributed by atoms with Crippen LogP contribution in [0.1, 0.15) is 17.0 Å². The van der Waals surface area contributed by atoms with Crippen LogP contribution >= 0.6 is 0 Å². The summed E-state index contributed by atoms with van der Waals surface area (Å²) in [5, 5.41) is 5.03. The van der Waals surface area contributed by atoms with Crippen LogP contribution in [0.4, 0.5) is 0 Å². The number of aryl methyl sites for hydroxylation is 1. The lowest BCUT2D eigenvalue weighted by Gasteiger charge is -2.08. The molecule has 0 spiro atoms. The van der Waals surface area contributed by atoms with E-state index >= 15 is 0 Å². The number of hydrogen-bond donors (Lipinski definition) is 1. The molecule has 30 heavy (non-hydrogen) atoms. The summed E-state index contributed by atoms with van der Waals surface area (Å²) >= 11 is 0. The molecule has 0 unspecified atom stereocenters. The average Bonchev–Trinajstić information content (AvgIpc) is 3.06. The smallest absolute Gasteiger partial charge is 0.277 e. The van der Waals surface area contributed by atoms with E-state index in [0.29, 0.717) is 5.75 Å². The Labute approximate surface area is 174 Å². The van der Waals surface area contributed by atoms with Crippen molar-refractivity contribution in [2.45, 2.75) is 13.8 Å². The first-order valence-corrected chi connectivity index (χ1v) is 9.51. The topological polar surface area (TPSA) is 81.4 Å². The van der Waals surface area contributed by atoms with Gasteiger partial charge in [0.05, 0.1) is 18.1 Å². The zero-order valence-corrected chi connectivity index (χ0v) is 16.7. The second kappa shape index (κ2) is 8.57. The highest BCUT2D eigenvalue weighted by molar-refractivity contribution is 5.86. The van der Waals surface area contributed by atoms with Crippen LogP contribution in [0.15, 0.2) is 72.2 Å². The Bertz CT molecular complexity index is 1210. The number of nitrogens with one attached hydrogen (secondary N) is 1. The van der Waals surface area contributed by atoms with Crippen molar-refractivity contribution < 1.29 is 9.53 Å². The van der Waals surface area contributed by atoms with Crippen molar-refractivity contribution in [2.24, 2.45) is 5.10 Å². The molecule has 4 aromatic rings. The maximum Gasteiger partial charge on any atom is 0.277 e. The fourth-order valence-corrected chi connectivity index (χ4v) is 3.34. The fraction of sp³-hybridized carbons (Fsp3) is 0.130. The molecule has 1 aromatic carbocycles. The summed E-state index contributed by atoms with van der Waals surface area (Å²) in [5.74, 6) is 0.215. The number of benzene rings is 1. The summed E-state index contributed by atoms with van der Waals surface area (Å²) in [5.41, 5.74) is 7.19. The van der Waals surface area contributed by atoms with Crippen molar-refractivity contribution in [3.8, 4) is 11.4 Å². The highest BCUT2D eigenvalue weighted by Crippen LogP contribution is 2.22. The first-order valence-electron chi connectivity index (χ1n) is 9.51. The Morgan fingerprint density at radius 2 is 2.00 bits per heavy atom. The van der Waals surface area contributed by atoms with Crippen molar-refractivity contribution >= 4 is 23.0 Å². The molecule has 3 aromatic heterocycles. The maximum atomic E-state index is 12.1. The average molecular weight is 399 g/mol. The van der Waals surface area contributed by atoms with E-state index in [2.05, 4.69) is 25.1 Å². The summed E-state index contributed by atoms with van der Waals surface area (Å²) < 4.78 is 7.72. The van der Waals surface area contributed by atoms with Crippen LogP contribution < -0.4 is 10.2 Å². The molecule has 4 rings (SSSR count). The van der Waals surface area contributed by atoms with Crippen LogP contribution in [0.2, 0.25) is 0 Å². The van der Waals surface area contributed by atoms with Crippen LogP contribution in [0, 0.1) is 13.8 Å². The van der Waals surface area contributed by atoms with Gasteiger partial charge in [-0.1, -0.05) is 18.2 Å². The van der Waals surface area contributed by atoms with Gasteiger partial charge in [0.2, 0.25) is 0 Å². The van der Waals surface area contributed by atoms with E-state index < -0.39 is 0 Å². The Kier molecular flexibility index (Phi) is 5.52. The number of carbonyl (C=O) groups is 1. The maximum absolute atomic E-state index is 12.1. The number of pyridine rings is 2. The van der Waals surface area contributed by atoms with Crippen molar-refractivity contribution in [3.05, 3.63) is 84.1 Å². The minimum atomic E-state index is -0.347. The van der Waals surface area contributed by atoms with Gasteiger partial charge < -0.3 is 9.30 Å². The number of para-hydroxylation sites is 1. The predicted octanol–water partition coefficient (Wildman–Crippen LogP) is 3.57. The molecule has 1 amide bonds. The minimum absolute atomic E-state index is 0.151. The van der Waals surface area contributed by atoms with Gasteiger partial charge in [-0.3, -0.25) is 14.8 Å². The van der Waals surface area contributed by atoms with Gasteiger partial charge in [0.1, 0.15) is 11.3 Å². The van der Waals surface area contributed by atoms with Gasteiger partial charge in [-0.05, 0) is 44.2 Å². The van der Waals surface area contributed by atoms with Gasteiger partial charge in [0.15, 0.2) is 6.61 Å². The van der Waals surface area contributed by atoms with Crippen LogP contribution in [0.25, 0.3) is 16.6 Å². The van der Waals surface area contributed by atoms with Gasteiger partial charge in [0.25, 0.3) is 5.91 Å². The highest BCUT2D eigenvalue weighted by atomic mass is 16.5. The number of ether oxygens (including phenoxy) is 1.